The predicted octanol–water partition coefficient (Wildman–Crippen LogP) is 0.582. The lowest BCUT2D eigenvalue weighted by atomic mass is 9.99. The Labute approximate surface area is 89.1 Å². The Hall–Kier alpha value is -0.940. The van der Waals surface area contributed by atoms with Gasteiger partial charge in [0, 0.05) is 20.1 Å². The van der Waals surface area contributed by atoms with Gasteiger partial charge in [-0.05, 0) is 25.3 Å². The van der Waals surface area contributed by atoms with Gasteiger partial charge in [-0.15, -0.1) is 10.2 Å². The Morgan fingerprint density at radius 1 is 1.53 bits per heavy atom. The standard InChI is InChI=1S/C10H17N3O2/c1-8-11-12-10(15-8)6-13-4-2-3-9(5-13)7-14/h9,14H,2-7H2,1H3. The molecule has 0 spiro atoms. The molecule has 0 aromatic carbocycles. The molecule has 2 rings (SSSR count). The number of hydrogen-bond donors (Lipinski definition) is 1. The van der Waals surface area contributed by atoms with Crippen molar-refractivity contribution in [2.45, 2.75) is 26.3 Å². The number of hydrogen-bond acceptors (Lipinski definition) is 5. The van der Waals surface area contributed by atoms with Gasteiger partial charge in [-0.25, -0.2) is 0 Å². The molecule has 1 saturated heterocycles. The van der Waals surface area contributed by atoms with Crippen LogP contribution in [0.5, 0.6) is 0 Å². The fourth-order valence-electron chi connectivity index (χ4n) is 2.04. The third-order valence-electron chi connectivity index (χ3n) is 2.79. The second kappa shape index (κ2) is 4.72. The maximum Gasteiger partial charge on any atom is 0.230 e. The maximum absolute atomic E-state index is 9.10. The van der Waals surface area contributed by atoms with Gasteiger partial charge in [-0.1, -0.05) is 0 Å². The minimum atomic E-state index is 0.277. The van der Waals surface area contributed by atoms with Gasteiger partial charge in [0.05, 0.1) is 6.54 Å². The molecule has 1 fully saturated rings. The topological polar surface area (TPSA) is 62.4 Å². The van der Waals surface area contributed by atoms with Gasteiger partial charge in [0.15, 0.2) is 0 Å². The van der Waals surface area contributed by atoms with Crippen LogP contribution in [0.2, 0.25) is 0 Å². The van der Waals surface area contributed by atoms with Crippen LogP contribution in [-0.4, -0.2) is 39.9 Å². The summed E-state index contributed by atoms with van der Waals surface area (Å²) in [5, 5.41) is 16.9. The second-order valence-corrected chi connectivity index (χ2v) is 4.14. The molecule has 0 amide bonds. The first-order valence-corrected chi connectivity index (χ1v) is 5.40. The lowest BCUT2D eigenvalue weighted by Gasteiger charge is -2.30. The largest absolute Gasteiger partial charge is 0.424 e. The first-order chi connectivity index (χ1) is 7.28. The van der Waals surface area contributed by atoms with Gasteiger partial charge >= 0.3 is 0 Å². The van der Waals surface area contributed by atoms with Crippen LogP contribution in [-0.2, 0) is 6.54 Å². The van der Waals surface area contributed by atoms with E-state index in [0.717, 1.165) is 25.9 Å². The number of piperidine rings is 1. The summed E-state index contributed by atoms with van der Waals surface area (Å²) in [6.07, 6.45) is 2.26. The molecule has 1 aliphatic rings. The zero-order valence-electron chi connectivity index (χ0n) is 9.02. The van der Waals surface area contributed by atoms with E-state index in [-0.39, 0.29) is 6.61 Å². The summed E-state index contributed by atoms with van der Waals surface area (Å²) in [5.41, 5.74) is 0. The maximum atomic E-state index is 9.10. The number of aliphatic hydroxyl groups excluding tert-OH is 1. The lowest BCUT2D eigenvalue weighted by molar-refractivity contribution is 0.109. The third-order valence-corrected chi connectivity index (χ3v) is 2.79. The molecular weight excluding hydrogens is 194 g/mol. The van der Waals surface area contributed by atoms with Crippen LogP contribution in [0.4, 0.5) is 0 Å². The Balaban J connectivity index is 1.88. The smallest absolute Gasteiger partial charge is 0.230 e. The number of nitrogens with zero attached hydrogens (tertiary/aromatic N) is 3. The summed E-state index contributed by atoms with van der Waals surface area (Å²) < 4.78 is 5.33. The molecule has 1 aliphatic heterocycles. The number of aromatic nitrogens is 2. The fraction of sp³-hybridized carbons (Fsp3) is 0.800. The minimum Gasteiger partial charge on any atom is -0.424 e. The molecule has 0 radical (unpaired) electrons. The first kappa shape index (κ1) is 10.6. The molecule has 1 aromatic rings. The van der Waals surface area contributed by atoms with Crippen molar-refractivity contribution in [3.63, 3.8) is 0 Å². The quantitative estimate of drug-likeness (QED) is 0.792. The predicted molar refractivity (Wildman–Crippen MR) is 54.1 cm³/mol. The highest BCUT2D eigenvalue weighted by molar-refractivity contribution is 4.81. The van der Waals surface area contributed by atoms with E-state index >= 15 is 0 Å². The van der Waals surface area contributed by atoms with Gasteiger partial charge in [-0.3, -0.25) is 4.90 Å². The Bertz CT molecular complexity index is 313. The van der Waals surface area contributed by atoms with Crippen molar-refractivity contribution in [1.82, 2.24) is 15.1 Å². The molecule has 0 saturated carbocycles. The molecule has 1 atom stereocenters. The van der Waals surface area contributed by atoms with Crippen molar-refractivity contribution in [3.05, 3.63) is 11.8 Å². The van der Waals surface area contributed by atoms with Gasteiger partial charge in [0.2, 0.25) is 11.8 Å². The van der Waals surface area contributed by atoms with Gasteiger partial charge in [0.1, 0.15) is 0 Å². The van der Waals surface area contributed by atoms with Crippen molar-refractivity contribution in [2.75, 3.05) is 19.7 Å². The summed E-state index contributed by atoms with van der Waals surface area (Å²) >= 11 is 0. The zero-order valence-corrected chi connectivity index (χ0v) is 9.02. The highest BCUT2D eigenvalue weighted by Crippen LogP contribution is 2.17. The first-order valence-electron chi connectivity index (χ1n) is 5.40. The molecule has 0 bridgehead atoms. The van der Waals surface area contributed by atoms with Crippen LogP contribution in [0, 0.1) is 12.8 Å². The van der Waals surface area contributed by atoms with Crippen molar-refractivity contribution >= 4 is 0 Å². The SMILES string of the molecule is Cc1nnc(CN2CCCC(CO)C2)o1. The minimum absolute atomic E-state index is 0.277. The number of aliphatic hydroxyl groups is 1. The van der Waals surface area contributed by atoms with Gasteiger partial charge in [-0.2, -0.15) is 0 Å². The van der Waals surface area contributed by atoms with E-state index in [4.69, 9.17) is 9.52 Å². The molecule has 1 N–H and O–H groups in total. The fourth-order valence-corrected chi connectivity index (χ4v) is 2.04. The van der Waals surface area contributed by atoms with E-state index in [2.05, 4.69) is 15.1 Å². The van der Waals surface area contributed by atoms with Gasteiger partial charge < -0.3 is 9.52 Å². The Morgan fingerprint density at radius 3 is 3.07 bits per heavy atom. The van der Waals surface area contributed by atoms with E-state index in [9.17, 15) is 0 Å². The molecule has 1 unspecified atom stereocenters. The Morgan fingerprint density at radius 2 is 2.40 bits per heavy atom. The number of rotatable bonds is 3. The average Bonchev–Trinajstić information content (AvgIpc) is 2.64. The van der Waals surface area contributed by atoms with E-state index in [0.29, 0.717) is 24.2 Å². The summed E-state index contributed by atoms with van der Waals surface area (Å²) in [7, 11) is 0. The summed E-state index contributed by atoms with van der Waals surface area (Å²) in [6, 6.07) is 0. The molecule has 1 aromatic heterocycles. The molecule has 0 aliphatic carbocycles. The van der Waals surface area contributed by atoms with Crippen molar-refractivity contribution < 1.29 is 9.52 Å². The molecule has 5 nitrogen and oxygen atoms in total. The van der Waals surface area contributed by atoms with E-state index in [1.807, 2.05) is 0 Å². The third kappa shape index (κ3) is 2.76. The van der Waals surface area contributed by atoms with Crippen LogP contribution in [0.25, 0.3) is 0 Å². The summed E-state index contributed by atoms with van der Waals surface area (Å²) in [4.78, 5) is 2.26. The molecule has 2 heterocycles. The highest BCUT2D eigenvalue weighted by Gasteiger charge is 2.20. The van der Waals surface area contributed by atoms with Crippen LogP contribution in [0.3, 0.4) is 0 Å². The summed E-state index contributed by atoms with van der Waals surface area (Å²) in [6.45, 7) is 4.76. The summed E-state index contributed by atoms with van der Waals surface area (Å²) in [5.74, 6) is 1.69. The monoisotopic (exact) mass is 211 g/mol. The van der Waals surface area contributed by atoms with Crippen molar-refractivity contribution in [1.29, 1.82) is 0 Å². The van der Waals surface area contributed by atoms with Crippen LogP contribution >= 0.6 is 0 Å². The van der Waals surface area contributed by atoms with Crippen LogP contribution < -0.4 is 0 Å². The number of aryl methyl sites for hydroxylation is 1. The van der Waals surface area contributed by atoms with E-state index in [1.54, 1.807) is 6.92 Å². The lowest BCUT2D eigenvalue weighted by Crippen LogP contribution is -2.36. The molecule has 5 heteroatoms. The average molecular weight is 211 g/mol. The number of likely N-dealkylation sites (tertiary alicyclic amines) is 1. The second-order valence-electron chi connectivity index (χ2n) is 4.14. The van der Waals surface area contributed by atoms with Crippen LogP contribution in [0.15, 0.2) is 4.42 Å². The van der Waals surface area contributed by atoms with Crippen molar-refractivity contribution in [3.8, 4) is 0 Å². The molecule has 84 valence electrons. The molecular formula is C10H17N3O2. The normalized spacial score (nSPS) is 23.2. The molecule has 15 heavy (non-hydrogen) atoms. The highest BCUT2D eigenvalue weighted by atomic mass is 16.4. The van der Waals surface area contributed by atoms with Crippen molar-refractivity contribution in [2.24, 2.45) is 5.92 Å². The van der Waals surface area contributed by atoms with Crippen LogP contribution in [0.1, 0.15) is 24.6 Å². The zero-order chi connectivity index (χ0) is 10.7. The Kier molecular flexibility index (Phi) is 3.33. The van der Waals surface area contributed by atoms with E-state index < -0.39 is 0 Å². The van der Waals surface area contributed by atoms with Gasteiger partial charge in [0.25, 0.3) is 0 Å². The van der Waals surface area contributed by atoms with E-state index in [1.165, 1.54) is 0 Å².